The Hall–Kier alpha value is -2.06. The Kier molecular flexibility index (Phi) is 7.64. The molecule has 0 bridgehead atoms. The summed E-state index contributed by atoms with van der Waals surface area (Å²) in [7, 11) is 0. The molecule has 0 amide bonds. The van der Waals surface area contributed by atoms with Crippen LogP contribution in [0.15, 0.2) is 45.9 Å². The average molecular weight is 552 g/mol. The summed E-state index contributed by atoms with van der Waals surface area (Å²) in [6.07, 6.45) is 2.57. The monoisotopic (exact) mass is 550 g/mol. The van der Waals surface area contributed by atoms with E-state index in [1.165, 1.54) is 0 Å². The topological polar surface area (TPSA) is 71.7 Å². The molecule has 1 aliphatic rings. The van der Waals surface area contributed by atoms with Crippen molar-refractivity contribution in [1.29, 1.82) is 0 Å². The number of anilines is 1. The molecule has 1 aromatic heterocycles. The zero-order chi connectivity index (χ0) is 23.5. The maximum absolute atomic E-state index is 9.83. The second-order valence-corrected chi connectivity index (χ2v) is 9.72. The van der Waals surface area contributed by atoms with Crippen molar-refractivity contribution in [3.05, 3.63) is 67.7 Å². The van der Waals surface area contributed by atoms with Crippen molar-refractivity contribution in [3.8, 4) is 11.4 Å². The molecule has 3 aromatic rings. The van der Waals surface area contributed by atoms with Crippen LogP contribution in [0.1, 0.15) is 49.4 Å². The predicted molar refractivity (Wildman–Crippen MR) is 137 cm³/mol. The lowest BCUT2D eigenvalue weighted by atomic mass is 9.99. The minimum Gasteiger partial charge on any atom is -0.507 e. The van der Waals surface area contributed by atoms with Crippen LogP contribution in [-0.4, -0.2) is 27.5 Å². The van der Waals surface area contributed by atoms with E-state index in [1.807, 2.05) is 18.2 Å². The van der Waals surface area contributed by atoms with Gasteiger partial charge in [0, 0.05) is 17.9 Å². The maximum Gasteiger partial charge on any atom is 0.141 e. The van der Waals surface area contributed by atoms with Gasteiger partial charge in [-0.2, -0.15) is 5.10 Å². The average Bonchev–Trinajstić information content (AvgIpc) is 3.09. The number of phenolic OH excluding ortho intramolecular Hbond substituents is 1. The Morgan fingerprint density at radius 1 is 1.24 bits per heavy atom. The van der Waals surface area contributed by atoms with E-state index in [1.54, 1.807) is 22.9 Å². The van der Waals surface area contributed by atoms with Crippen LogP contribution >= 0.6 is 39.1 Å². The molecule has 9 heteroatoms. The zero-order valence-corrected chi connectivity index (χ0v) is 21.5. The van der Waals surface area contributed by atoms with Crippen LogP contribution in [0.4, 0.5) is 5.82 Å². The van der Waals surface area contributed by atoms with E-state index in [0.717, 1.165) is 35.5 Å². The van der Waals surface area contributed by atoms with Crippen LogP contribution < -0.4 is 5.32 Å². The van der Waals surface area contributed by atoms with Gasteiger partial charge < -0.3 is 15.2 Å². The van der Waals surface area contributed by atoms with Crippen molar-refractivity contribution in [2.24, 2.45) is 4.99 Å². The predicted octanol–water partition coefficient (Wildman–Crippen LogP) is 7.09. The third-order valence-corrected chi connectivity index (χ3v) is 6.84. The lowest BCUT2D eigenvalue weighted by Crippen LogP contribution is -2.21. The molecule has 0 saturated carbocycles. The minimum atomic E-state index is 0.193. The number of rotatable bonds is 6. The van der Waals surface area contributed by atoms with Crippen molar-refractivity contribution >= 4 is 50.8 Å². The van der Waals surface area contributed by atoms with E-state index < -0.39 is 0 Å². The summed E-state index contributed by atoms with van der Waals surface area (Å²) in [6, 6.07) is 10.8. The fourth-order valence-corrected chi connectivity index (χ4v) is 4.94. The zero-order valence-electron chi connectivity index (χ0n) is 18.4. The molecule has 2 heterocycles. The molecule has 33 heavy (non-hydrogen) atoms. The van der Waals surface area contributed by atoms with Crippen molar-refractivity contribution in [1.82, 2.24) is 9.78 Å². The molecular formula is C24H25BrCl2N4O2. The first kappa shape index (κ1) is 24.1. The summed E-state index contributed by atoms with van der Waals surface area (Å²) >= 11 is 16.5. The highest BCUT2D eigenvalue weighted by molar-refractivity contribution is 9.10. The number of amidine groups is 1. The molecule has 0 aliphatic carbocycles. The number of hydrogen-bond donors (Lipinski definition) is 2. The molecular weight excluding hydrogens is 527 g/mol. The molecule has 1 unspecified atom stereocenters. The van der Waals surface area contributed by atoms with Crippen molar-refractivity contribution < 1.29 is 9.84 Å². The molecule has 2 aromatic carbocycles. The van der Waals surface area contributed by atoms with Crippen LogP contribution in [0, 0.1) is 0 Å². The van der Waals surface area contributed by atoms with Gasteiger partial charge >= 0.3 is 0 Å². The van der Waals surface area contributed by atoms with E-state index >= 15 is 0 Å². The Morgan fingerprint density at radius 3 is 2.70 bits per heavy atom. The van der Waals surface area contributed by atoms with Crippen LogP contribution in [0.2, 0.25) is 10.0 Å². The highest BCUT2D eigenvalue weighted by atomic mass is 79.9. The third kappa shape index (κ3) is 5.22. The largest absolute Gasteiger partial charge is 0.507 e. The van der Waals surface area contributed by atoms with Gasteiger partial charge in [0.05, 0.1) is 26.8 Å². The van der Waals surface area contributed by atoms with Gasteiger partial charge in [-0.05, 0) is 52.2 Å². The standard InChI is InChI=1S/C24H25BrCl2N4O2/c1-3-5-14(2)22-16-12-33-13-28-21(11-15-8-9-20(32)17(25)10-15)29-24(16)31(30-22)23-18(26)6-4-7-19(23)27/h4,6-10,14,32H,3,5,11-13H2,1-2H3,(H,28,29). The Bertz CT molecular complexity index is 1180. The van der Waals surface area contributed by atoms with Crippen molar-refractivity contribution in [2.45, 2.75) is 45.6 Å². The molecule has 0 fully saturated rings. The van der Waals surface area contributed by atoms with Crippen molar-refractivity contribution in [2.75, 3.05) is 12.0 Å². The number of nitrogens with one attached hydrogen (secondary N) is 1. The molecule has 0 radical (unpaired) electrons. The lowest BCUT2D eigenvalue weighted by molar-refractivity contribution is 0.127. The molecule has 1 aliphatic heterocycles. The van der Waals surface area contributed by atoms with E-state index in [-0.39, 0.29) is 18.4 Å². The number of phenols is 1. The number of fused-ring (bicyclic) bond motifs is 1. The van der Waals surface area contributed by atoms with E-state index in [0.29, 0.717) is 39.1 Å². The molecule has 4 rings (SSSR count). The molecule has 6 nitrogen and oxygen atoms in total. The number of aliphatic imine (C=N–C) groups is 1. The smallest absolute Gasteiger partial charge is 0.141 e. The van der Waals surface area contributed by atoms with Crippen molar-refractivity contribution in [3.63, 3.8) is 0 Å². The number of nitrogens with zero attached hydrogens (tertiary/aromatic N) is 3. The first-order chi connectivity index (χ1) is 15.9. The molecule has 174 valence electrons. The molecule has 0 spiro atoms. The van der Waals surface area contributed by atoms with E-state index in [2.05, 4.69) is 40.1 Å². The quantitative estimate of drug-likeness (QED) is 0.343. The van der Waals surface area contributed by atoms with Gasteiger partial charge in [0.1, 0.15) is 29.8 Å². The highest BCUT2D eigenvalue weighted by Gasteiger charge is 2.26. The summed E-state index contributed by atoms with van der Waals surface area (Å²) in [5, 5.41) is 19.3. The van der Waals surface area contributed by atoms with Gasteiger partial charge in [0.25, 0.3) is 0 Å². The first-order valence-corrected chi connectivity index (χ1v) is 12.4. The second kappa shape index (κ2) is 10.5. The molecule has 0 saturated heterocycles. The SMILES string of the molecule is CCCC(C)c1nn(-c2c(Cl)cccc2Cl)c2c1COC/N=C(/Cc1ccc(O)c(Br)c1)N2. The van der Waals surface area contributed by atoms with Gasteiger partial charge in [0.2, 0.25) is 0 Å². The Labute approximate surface area is 211 Å². The summed E-state index contributed by atoms with van der Waals surface area (Å²) in [6.45, 7) is 4.96. The van der Waals surface area contributed by atoms with Crippen LogP contribution in [0.3, 0.4) is 0 Å². The van der Waals surface area contributed by atoms with Crippen LogP contribution in [-0.2, 0) is 17.8 Å². The maximum atomic E-state index is 9.83. The number of halogens is 3. The van der Waals surface area contributed by atoms with Crippen LogP contribution in [0.5, 0.6) is 5.75 Å². The highest BCUT2D eigenvalue weighted by Crippen LogP contribution is 2.37. The van der Waals surface area contributed by atoms with E-state index in [4.69, 9.17) is 33.0 Å². The number of aromatic nitrogens is 2. The van der Waals surface area contributed by atoms with Gasteiger partial charge in [-0.3, -0.25) is 0 Å². The number of ether oxygens (including phenoxy) is 1. The van der Waals surface area contributed by atoms with Gasteiger partial charge in [-0.15, -0.1) is 0 Å². The van der Waals surface area contributed by atoms with Gasteiger partial charge in [-0.25, -0.2) is 9.67 Å². The molecule has 1 atom stereocenters. The number of hydrogen-bond acceptors (Lipinski definition) is 5. The summed E-state index contributed by atoms with van der Waals surface area (Å²) in [4.78, 5) is 4.60. The summed E-state index contributed by atoms with van der Waals surface area (Å²) in [5.74, 6) is 1.90. The fraction of sp³-hybridized carbons (Fsp3) is 0.333. The lowest BCUT2D eigenvalue weighted by Gasteiger charge is -2.18. The first-order valence-electron chi connectivity index (χ1n) is 10.8. The minimum absolute atomic E-state index is 0.193. The number of aromatic hydroxyl groups is 1. The van der Waals surface area contributed by atoms with Gasteiger partial charge in [0.15, 0.2) is 0 Å². The normalized spacial score (nSPS) is 16.2. The van der Waals surface area contributed by atoms with Gasteiger partial charge in [-0.1, -0.05) is 55.6 Å². The number of benzene rings is 2. The molecule has 2 N–H and O–H groups in total. The van der Waals surface area contributed by atoms with E-state index in [9.17, 15) is 5.11 Å². The summed E-state index contributed by atoms with van der Waals surface area (Å²) < 4.78 is 8.30. The Morgan fingerprint density at radius 2 is 2.00 bits per heavy atom. The third-order valence-electron chi connectivity index (χ3n) is 5.59. The Balaban J connectivity index is 1.80. The second-order valence-electron chi connectivity index (χ2n) is 8.05. The number of para-hydroxylation sites is 1. The fourth-order valence-electron chi connectivity index (χ4n) is 3.96. The van der Waals surface area contributed by atoms with Crippen LogP contribution in [0.25, 0.3) is 5.69 Å². The summed E-state index contributed by atoms with van der Waals surface area (Å²) in [5.41, 5.74) is 3.54.